The van der Waals surface area contributed by atoms with Crippen molar-refractivity contribution in [3.63, 3.8) is 0 Å². The summed E-state index contributed by atoms with van der Waals surface area (Å²) in [6.07, 6.45) is 0.831. The molecule has 6 nitrogen and oxygen atoms in total. The highest BCUT2D eigenvalue weighted by Crippen LogP contribution is 2.17. The quantitative estimate of drug-likeness (QED) is 0.594. The second-order valence-electron chi connectivity index (χ2n) is 7.18. The van der Waals surface area contributed by atoms with Gasteiger partial charge in [-0.15, -0.1) is 0 Å². The third-order valence-electron chi connectivity index (χ3n) is 4.75. The van der Waals surface area contributed by atoms with Gasteiger partial charge in [0.2, 0.25) is 0 Å². The zero-order valence-electron chi connectivity index (χ0n) is 17.5. The minimum atomic E-state index is -0.216. The summed E-state index contributed by atoms with van der Waals surface area (Å²) in [6, 6.07) is 16.4. The summed E-state index contributed by atoms with van der Waals surface area (Å²) in [6.45, 7) is 4.74. The van der Waals surface area contributed by atoms with Crippen molar-refractivity contribution in [2.75, 3.05) is 37.9 Å². The van der Waals surface area contributed by atoms with E-state index >= 15 is 0 Å². The van der Waals surface area contributed by atoms with Crippen LogP contribution in [0.3, 0.4) is 0 Å². The van der Waals surface area contributed by atoms with E-state index in [4.69, 9.17) is 9.47 Å². The van der Waals surface area contributed by atoms with Gasteiger partial charge in [0.1, 0.15) is 0 Å². The second kappa shape index (κ2) is 11.1. The van der Waals surface area contributed by atoms with Crippen LogP contribution in [0.1, 0.15) is 25.0 Å². The molecule has 0 bridgehead atoms. The van der Waals surface area contributed by atoms with Crippen molar-refractivity contribution in [1.82, 2.24) is 0 Å². The van der Waals surface area contributed by atoms with Crippen LogP contribution in [0.25, 0.3) is 0 Å². The lowest BCUT2D eigenvalue weighted by molar-refractivity contribution is -0.145. The smallest absolute Gasteiger partial charge is 0.310 e. The average Bonchev–Trinajstić information content (AvgIpc) is 2.76. The summed E-state index contributed by atoms with van der Waals surface area (Å²) >= 11 is 0. The number of nitrogens with one attached hydrogen (secondary N) is 2. The third-order valence-corrected chi connectivity index (χ3v) is 4.75. The van der Waals surface area contributed by atoms with Crippen LogP contribution in [0.5, 0.6) is 0 Å². The summed E-state index contributed by atoms with van der Waals surface area (Å²) < 4.78 is 9.47. The molecule has 0 aliphatic carbocycles. The maximum absolute atomic E-state index is 11.4. The van der Waals surface area contributed by atoms with E-state index in [2.05, 4.69) is 34.9 Å². The van der Waals surface area contributed by atoms with Crippen molar-refractivity contribution < 1.29 is 19.1 Å². The molecule has 2 aromatic carbocycles. The molecule has 0 fully saturated rings. The van der Waals surface area contributed by atoms with E-state index in [-0.39, 0.29) is 23.8 Å². The zero-order chi connectivity index (χ0) is 21.2. The number of esters is 2. The number of ether oxygens (including phenoxy) is 2. The topological polar surface area (TPSA) is 76.7 Å². The lowest BCUT2D eigenvalue weighted by Gasteiger charge is -2.13. The molecule has 2 N–H and O–H groups in total. The van der Waals surface area contributed by atoms with Gasteiger partial charge in [0.25, 0.3) is 0 Å². The van der Waals surface area contributed by atoms with E-state index in [9.17, 15) is 9.59 Å². The molecule has 0 aromatic heterocycles. The van der Waals surface area contributed by atoms with Gasteiger partial charge < -0.3 is 20.1 Å². The number of methoxy groups -OCH3 is 2. The number of anilines is 2. The van der Waals surface area contributed by atoms with Crippen molar-refractivity contribution in [2.24, 2.45) is 11.8 Å². The van der Waals surface area contributed by atoms with Gasteiger partial charge >= 0.3 is 11.9 Å². The highest BCUT2D eigenvalue weighted by atomic mass is 16.5. The van der Waals surface area contributed by atoms with Gasteiger partial charge in [0.05, 0.1) is 26.1 Å². The predicted octanol–water partition coefficient (Wildman–Crippen LogP) is 3.72. The first-order valence-electron chi connectivity index (χ1n) is 9.74. The Morgan fingerprint density at radius 2 is 1.07 bits per heavy atom. The van der Waals surface area contributed by atoms with Crippen LogP contribution in [0.15, 0.2) is 48.5 Å². The molecule has 0 saturated carbocycles. The number of hydrogen-bond acceptors (Lipinski definition) is 6. The summed E-state index contributed by atoms with van der Waals surface area (Å²) in [4.78, 5) is 22.9. The zero-order valence-corrected chi connectivity index (χ0v) is 17.5. The van der Waals surface area contributed by atoms with Gasteiger partial charge in [-0.3, -0.25) is 9.59 Å². The van der Waals surface area contributed by atoms with E-state index in [0.717, 1.165) is 17.8 Å². The summed E-state index contributed by atoms with van der Waals surface area (Å²) in [5.74, 6) is -0.816. The van der Waals surface area contributed by atoms with Crippen LogP contribution in [0.2, 0.25) is 0 Å². The van der Waals surface area contributed by atoms with Gasteiger partial charge in [0, 0.05) is 24.5 Å². The molecule has 0 aliphatic heterocycles. The van der Waals surface area contributed by atoms with Crippen molar-refractivity contribution in [3.8, 4) is 0 Å². The van der Waals surface area contributed by atoms with E-state index in [1.165, 1.54) is 25.3 Å². The molecule has 2 rings (SSSR count). The first-order chi connectivity index (χ1) is 13.9. The van der Waals surface area contributed by atoms with Crippen LogP contribution in [0, 0.1) is 11.8 Å². The minimum Gasteiger partial charge on any atom is -0.469 e. The van der Waals surface area contributed by atoms with Gasteiger partial charge in [-0.2, -0.15) is 0 Å². The normalized spacial score (nSPS) is 12.6. The fourth-order valence-electron chi connectivity index (χ4n) is 2.83. The molecule has 0 aliphatic rings. The van der Waals surface area contributed by atoms with Crippen LogP contribution in [0.4, 0.5) is 11.4 Å². The van der Waals surface area contributed by atoms with Crippen molar-refractivity contribution in [2.45, 2.75) is 20.3 Å². The summed E-state index contributed by atoms with van der Waals surface area (Å²) in [7, 11) is 2.80. The van der Waals surface area contributed by atoms with Gasteiger partial charge in [-0.05, 0) is 41.8 Å². The van der Waals surface area contributed by atoms with Crippen LogP contribution in [-0.4, -0.2) is 39.2 Å². The molecule has 29 heavy (non-hydrogen) atoms. The molecule has 0 spiro atoms. The standard InChI is InChI=1S/C23H30N2O4/c1-16(22(26)28-3)14-24-20-9-5-18(6-10-20)13-19-7-11-21(12-8-19)25-15-17(2)23(27)29-4/h5-12,16-17,24-25H,13-15H2,1-4H3. The Morgan fingerprint density at radius 1 is 0.724 bits per heavy atom. The molecule has 156 valence electrons. The minimum absolute atomic E-state index is 0.192. The van der Waals surface area contributed by atoms with E-state index in [1.54, 1.807) is 0 Å². The molecule has 0 amide bonds. The Kier molecular flexibility index (Phi) is 8.52. The molecule has 0 saturated heterocycles. The Morgan fingerprint density at radius 3 is 1.38 bits per heavy atom. The van der Waals surface area contributed by atoms with E-state index in [1.807, 2.05) is 38.1 Å². The maximum Gasteiger partial charge on any atom is 0.310 e. The van der Waals surface area contributed by atoms with E-state index in [0.29, 0.717) is 13.1 Å². The maximum atomic E-state index is 11.4. The molecule has 2 unspecified atom stereocenters. The average molecular weight is 399 g/mol. The second-order valence-corrected chi connectivity index (χ2v) is 7.18. The van der Waals surface area contributed by atoms with Crippen LogP contribution >= 0.6 is 0 Å². The lowest BCUT2D eigenvalue weighted by Crippen LogP contribution is -2.21. The Hall–Kier alpha value is -3.02. The lowest BCUT2D eigenvalue weighted by atomic mass is 10.0. The Labute approximate surface area is 172 Å². The van der Waals surface area contributed by atoms with Crippen LogP contribution in [-0.2, 0) is 25.5 Å². The molecule has 2 aromatic rings. The molecule has 6 heteroatoms. The number of carbonyl (C=O) groups excluding carboxylic acids is 2. The van der Waals surface area contributed by atoms with Crippen molar-refractivity contribution in [1.29, 1.82) is 0 Å². The monoisotopic (exact) mass is 398 g/mol. The molecular formula is C23H30N2O4. The van der Waals surface area contributed by atoms with Gasteiger partial charge in [-0.25, -0.2) is 0 Å². The fourth-order valence-corrected chi connectivity index (χ4v) is 2.83. The number of rotatable bonds is 10. The molecular weight excluding hydrogens is 368 g/mol. The Balaban J connectivity index is 1.84. The van der Waals surface area contributed by atoms with Crippen molar-refractivity contribution >= 4 is 23.3 Å². The SMILES string of the molecule is COC(=O)C(C)CNc1ccc(Cc2ccc(NCC(C)C(=O)OC)cc2)cc1. The summed E-state index contributed by atoms with van der Waals surface area (Å²) in [5.41, 5.74) is 4.36. The highest BCUT2D eigenvalue weighted by molar-refractivity contribution is 5.73. The van der Waals surface area contributed by atoms with Gasteiger partial charge in [-0.1, -0.05) is 38.1 Å². The van der Waals surface area contributed by atoms with E-state index < -0.39 is 0 Å². The van der Waals surface area contributed by atoms with Gasteiger partial charge in [0.15, 0.2) is 0 Å². The third kappa shape index (κ3) is 7.14. The van der Waals surface area contributed by atoms with Crippen LogP contribution < -0.4 is 10.6 Å². The first-order valence-corrected chi connectivity index (χ1v) is 9.74. The molecule has 2 atom stereocenters. The number of carbonyl (C=O) groups is 2. The first kappa shape index (κ1) is 22.3. The van der Waals surface area contributed by atoms with Crippen molar-refractivity contribution in [3.05, 3.63) is 59.7 Å². The summed E-state index contributed by atoms with van der Waals surface area (Å²) in [5, 5.41) is 6.50. The highest BCUT2D eigenvalue weighted by Gasteiger charge is 2.13. The molecule has 0 radical (unpaired) electrons. The number of hydrogen-bond donors (Lipinski definition) is 2. The predicted molar refractivity (Wildman–Crippen MR) is 115 cm³/mol. The Bertz CT molecular complexity index is 720. The fraction of sp³-hybridized carbons (Fsp3) is 0.391. The number of benzene rings is 2. The molecule has 0 heterocycles. The largest absolute Gasteiger partial charge is 0.469 e.